The Morgan fingerprint density at radius 1 is 1.33 bits per heavy atom. The first-order chi connectivity index (χ1) is 9.77. The molecule has 0 aliphatic heterocycles. The fourth-order valence-electron chi connectivity index (χ4n) is 1.66. The second-order valence-corrected chi connectivity index (χ2v) is 5.98. The molecular weight excluding hydrogens is 373 g/mol. The van der Waals surface area contributed by atoms with Crippen LogP contribution in [0.2, 0.25) is 0 Å². The van der Waals surface area contributed by atoms with Crippen LogP contribution in [0.15, 0.2) is 34.1 Å². The Bertz CT molecular complexity index is 673. The molecule has 1 aromatic heterocycles. The predicted octanol–water partition coefficient (Wildman–Crippen LogP) is 5.05. The molecule has 0 amide bonds. The van der Waals surface area contributed by atoms with Crippen LogP contribution in [-0.4, -0.2) is 4.92 Å². The molecule has 4 nitrogen and oxygen atoms in total. The molecule has 2 rings (SSSR count). The molecule has 1 aromatic carbocycles. The molecule has 0 atom stereocenters. The van der Waals surface area contributed by atoms with E-state index in [0.717, 1.165) is 21.5 Å². The summed E-state index contributed by atoms with van der Waals surface area (Å²) < 4.78 is 39.7. The predicted molar refractivity (Wildman–Crippen MR) is 77.4 cm³/mol. The first-order valence-corrected chi connectivity index (χ1v) is 7.27. The zero-order valence-electron chi connectivity index (χ0n) is 10.3. The highest BCUT2D eigenvalue weighted by molar-refractivity contribution is 9.10. The third kappa shape index (κ3) is 3.94. The number of nitrogens with one attached hydrogen (secondary N) is 1. The van der Waals surface area contributed by atoms with Crippen molar-refractivity contribution >= 4 is 38.6 Å². The number of nitro benzene ring substituents is 1. The lowest BCUT2D eigenvalue weighted by molar-refractivity contribution is -0.385. The van der Waals surface area contributed by atoms with E-state index in [2.05, 4.69) is 21.2 Å². The molecule has 1 heterocycles. The van der Waals surface area contributed by atoms with Crippen molar-refractivity contribution in [2.75, 3.05) is 5.32 Å². The van der Waals surface area contributed by atoms with Gasteiger partial charge in [-0.15, -0.1) is 11.3 Å². The van der Waals surface area contributed by atoms with Crippen LogP contribution in [-0.2, 0) is 12.7 Å². The van der Waals surface area contributed by atoms with Crippen LogP contribution in [0.25, 0.3) is 0 Å². The van der Waals surface area contributed by atoms with Crippen molar-refractivity contribution in [1.82, 2.24) is 0 Å². The minimum Gasteiger partial charge on any atom is -0.380 e. The van der Waals surface area contributed by atoms with E-state index in [1.807, 2.05) is 5.38 Å². The number of rotatable bonds is 4. The Balaban J connectivity index is 2.27. The monoisotopic (exact) mass is 380 g/mol. The van der Waals surface area contributed by atoms with Crippen molar-refractivity contribution in [1.29, 1.82) is 0 Å². The van der Waals surface area contributed by atoms with Crippen LogP contribution in [0.4, 0.5) is 24.5 Å². The topological polar surface area (TPSA) is 55.2 Å². The number of thiophene rings is 1. The van der Waals surface area contributed by atoms with Crippen molar-refractivity contribution in [3.05, 3.63) is 54.7 Å². The van der Waals surface area contributed by atoms with Crippen molar-refractivity contribution in [2.24, 2.45) is 0 Å². The molecule has 2 aromatic rings. The number of hydrogen-bond acceptors (Lipinski definition) is 4. The summed E-state index contributed by atoms with van der Waals surface area (Å²) >= 11 is 4.65. The van der Waals surface area contributed by atoms with Crippen molar-refractivity contribution in [3.63, 3.8) is 0 Å². The van der Waals surface area contributed by atoms with Gasteiger partial charge in [0.05, 0.1) is 10.5 Å². The number of alkyl halides is 3. The third-order valence-electron chi connectivity index (χ3n) is 2.59. The van der Waals surface area contributed by atoms with Gasteiger partial charge in [0.1, 0.15) is 0 Å². The second kappa shape index (κ2) is 6.02. The van der Waals surface area contributed by atoms with Gasteiger partial charge in [0.2, 0.25) is 0 Å². The summed E-state index contributed by atoms with van der Waals surface area (Å²) in [4.78, 5) is 10.6. The molecule has 1 N–H and O–H groups in total. The van der Waals surface area contributed by atoms with Crippen LogP contribution < -0.4 is 5.32 Å². The number of anilines is 1. The maximum Gasteiger partial charge on any atom is 0.418 e. The maximum absolute atomic E-state index is 13.0. The van der Waals surface area contributed by atoms with Crippen molar-refractivity contribution in [3.8, 4) is 0 Å². The van der Waals surface area contributed by atoms with E-state index < -0.39 is 22.4 Å². The molecule has 21 heavy (non-hydrogen) atoms. The van der Waals surface area contributed by atoms with E-state index in [9.17, 15) is 23.3 Å². The van der Waals surface area contributed by atoms with Gasteiger partial charge in [-0.25, -0.2) is 0 Å². The summed E-state index contributed by atoms with van der Waals surface area (Å²) in [5, 5.41) is 15.1. The summed E-state index contributed by atoms with van der Waals surface area (Å²) in [6, 6.07) is 4.44. The summed E-state index contributed by atoms with van der Waals surface area (Å²) in [7, 11) is 0. The summed E-state index contributed by atoms with van der Waals surface area (Å²) in [5.74, 6) is 0. The van der Waals surface area contributed by atoms with Crippen molar-refractivity contribution in [2.45, 2.75) is 12.7 Å². The molecule has 0 radical (unpaired) electrons. The van der Waals surface area contributed by atoms with Gasteiger partial charge in [-0.1, -0.05) is 0 Å². The van der Waals surface area contributed by atoms with Crippen LogP contribution in [0.1, 0.15) is 10.4 Å². The largest absolute Gasteiger partial charge is 0.418 e. The molecule has 0 bridgehead atoms. The van der Waals surface area contributed by atoms with E-state index >= 15 is 0 Å². The van der Waals surface area contributed by atoms with Crippen LogP contribution in [0.5, 0.6) is 0 Å². The number of non-ortho nitro benzene ring substituents is 1. The molecule has 0 spiro atoms. The molecule has 112 valence electrons. The standard InChI is InChI=1S/C12H8BrF3N2O2S/c13-7-3-9(21-6-7)5-17-11-2-1-8(18(19)20)4-10(11)12(14,15)16/h1-4,6,17H,5H2. The van der Waals surface area contributed by atoms with E-state index in [-0.39, 0.29) is 12.2 Å². The maximum atomic E-state index is 13.0. The Morgan fingerprint density at radius 3 is 2.57 bits per heavy atom. The van der Waals surface area contributed by atoms with E-state index in [1.54, 1.807) is 6.07 Å². The highest BCUT2D eigenvalue weighted by atomic mass is 79.9. The average molecular weight is 381 g/mol. The van der Waals surface area contributed by atoms with E-state index in [1.165, 1.54) is 11.3 Å². The molecular formula is C12H8BrF3N2O2S. The lowest BCUT2D eigenvalue weighted by Gasteiger charge is -2.13. The minimum absolute atomic E-state index is 0.183. The lowest BCUT2D eigenvalue weighted by Crippen LogP contribution is -2.11. The van der Waals surface area contributed by atoms with Gasteiger partial charge in [0.15, 0.2) is 0 Å². The van der Waals surface area contributed by atoms with E-state index in [4.69, 9.17) is 0 Å². The lowest BCUT2D eigenvalue weighted by atomic mass is 10.1. The van der Waals surface area contributed by atoms with E-state index in [0.29, 0.717) is 6.07 Å². The number of nitrogens with zero attached hydrogens (tertiary/aromatic N) is 1. The average Bonchev–Trinajstić information content (AvgIpc) is 2.81. The summed E-state index contributed by atoms with van der Waals surface area (Å²) in [6.07, 6.45) is -4.66. The summed E-state index contributed by atoms with van der Waals surface area (Å²) in [6.45, 7) is 0.206. The molecule has 9 heteroatoms. The highest BCUT2D eigenvalue weighted by Crippen LogP contribution is 2.37. The Hall–Kier alpha value is -1.61. The van der Waals surface area contributed by atoms with Crippen LogP contribution >= 0.6 is 27.3 Å². The van der Waals surface area contributed by atoms with Crippen LogP contribution in [0, 0.1) is 10.1 Å². The number of halogens is 4. The number of benzene rings is 1. The smallest absolute Gasteiger partial charge is 0.380 e. The summed E-state index contributed by atoms with van der Waals surface area (Å²) in [5.41, 5.74) is -1.82. The van der Waals surface area contributed by atoms with Gasteiger partial charge in [-0.05, 0) is 28.1 Å². The quantitative estimate of drug-likeness (QED) is 0.596. The molecule has 0 saturated heterocycles. The molecule has 0 aliphatic rings. The Labute approximate surface area is 129 Å². The fourth-order valence-corrected chi connectivity index (χ4v) is 3.05. The Morgan fingerprint density at radius 2 is 2.05 bits per heavy atom. The van der Waals surface area contributed by atoms with Gasteiger partial charge in [-0.2, -0.15) is 13.2 Å². The highest BCUT2D eigenvalue weighted by Gasteiger charge is 2.35. The zero-order valence-corrected chi connectivity index (χ0v) is 12.7. The SMILES string of the molecule is O=[N+]([O-])c1ccc(NCc2cc(Br)cs2)c(C(F)(F)F)c1. The first kappa shape index (κ1) is 15.8. The van der Waals surface area contributed by atoms with Crippen LogP contribution in [0.3, 0.4) is 0 Å². The molecule has 0 saturated carbocycles. The number of hydrogen-bond donors (Lipinski definition) is 1. The van der Waals surface area contributed by atoms with Gasteiger partial charge in [0, 0.05) is 39.1 Å². The van der Waals surface area contributed by atoms with Gasteiger partial charge < -0.3 is 5.32 Å². The third-order valence-corrected chi connectivity index (χ3v) is 4.29. The Kier molecular flexibility index (Phi) is 4.52. The number of nitro groups is 1. The molecule has 0 aliphatic carbocycles. The minimum atomic E-state index is -4.66. The second-order valence-electron chi connectivity index (χ2n) is 4.07. The zero-order chi connectivity index (χ0) is 15.6. The fraction of sp³-hybridized carbons (Fsp3) is 0.167. The molecule has 0 unspecified atom stereocenters. The van der Waals surface area contributed by atoms with Gasteiger partial charge in [-0.3, -0.25) is 10.1 Å². The van der Waals surface area contributed by atoms with Gasteiger partial charge in [0.25, 0.3) is 5.69 Å². The first-order valence-electron chi connectivity index (χ1n) is 5.60. The van der Waals surface area contributed by atoms with Crippen molar-refractivity contribution < 1.29 is 18.1 Å². The molecule has 0 fully saturated rings. The van der Waals surface area contributed by atoms with Gasteiger partial charge >= 0.3 is 6.18 Å². The normalized spacial score (nSPS) is 11.4.